The van der Waals surface area contributed by atoms with E-state index in [1.54, 1.807) is 0 Å². The molecule has 0 bridgehead atoms. The van der Waals surface area contributed by atoms with E-state index in [2.05, 4.69) is 35.7 Å². The highest BCUT2D eigenvalue weighted by Gasteiger charge is 2.44. The van der Waals surface area contributed by atoms with Crippen molar-refractivity contribution < 1.29 is 18.8 Å². The summed E-state index contributed by atoms with van der Waals surface area (Å²) in [5.74, 6) is 1.11. The smallest absolute Gasteiger partial charge is 0.310 e. The van der Waals surface area contributed by atoms with Crippen molar-refractivity contribution in [1.82, 2.24) is 8.75 Å². The van der Waals surface area contributed by atoms with Crippen LogP contribution in [0.3, 0.4) is 0 Å². The first-order chi connectivity index (χ1) is 18.6. The predicted octanol–water partition coefficient (Wildman–Crippen LogP) is 8.32. The number of rotatable bonds is 18. The van der Waals surface area contributed by atoms with E-state index in [-0.39, 0.29) is 12.2 Å². The number of unbranched alkanes of at least 4 members (excludes halogenated alkanes) is 9. The van der Waals surface area contributed by atoms with Gasteiger partial charge in [0.1, 0.15) is 12.2 Å². The molecule has 2 atom stereocenters. The minimum Gasteiger partial charge on any atom is -0.475 e. The van der Waals surface area contributed by atoms with E-state index in [0.29, 0.717) is 24.8 Å². The average Bonchev–Trinajstić information content (AvgIpc) is 3.40. The van der Waals surface area contributed by atoms with E-state index in [4.69, 9.17) is 9.47 Å². The topological polar surface area (TPSA) is 61.3 Å². The van der Waals surface area contributed by atoms with Crippen LogP contribution in [0.5, 0.6) is 5.88 Å². The van der Waals surface area contributed by atoms with Crippen molar-refractivity contribution in [2.45, 2.75) is 136 Å². The van der Waals surface area contributed by atoms with E-state index < -0.39 is 0 Å². The summed E-state index contributed by atoms with van der Waals surface area (Å²) >= 11 is 1.23. The van der Waals surface area contributed by atoms with Crippen molar-refractivity contribution in [2.24, 2.45) is 5.92 Å². The van der Waals surface area contributed by atoms with Crippen LogP contribution in [-0.2, 0) is 9.53 Å². The highest BCUT2D eigenvalue weighted by Crippen LogP contribution is 2.37. The molecule has 216 valence electrons. The van der Waals surface area contributed by atoms with Crippen molar-refractivity contribution in [1.29, 1.82) is 0 Å². The molecule has 1 aromatic heterocycles. The molecule has 1 aliphatic heterocycles. The van der Waals surface area contributed by atoms with Gasteiger partial charge in [-0.15, -0.1) is 4.37 Å². The van der Waals surface area contributed by atoms with Gasteiger partial charge < -0.3 is 9.47 Å². The standard InChI is InChI=1S/C31H54N3O3S/c1-4-6-8-10-11-12-16-22-28(35)37-31(26-19-14-13-15-20-26)34(3)23-18-21-27(25-34)29-30(33-38-32-29)36-24-17-9-7-5-2/h21,26,31H,4-20,22-25H2,1-3H3/q+1. The Morgan fingerprint density at radius 1 is 0.974 bits per heavy atom. The first kappa shape index (κ1) is 31.1. The van der Waals surface area contributed by atoms with Crippen LogP contribution in [0.2, 0.25) is 0 Å². The Labute approximate surface area is 236 Å². The average molecular weight is 549 g/mol. The number of nitrogens with zero attached hydrogens (tertiary/aromatic N) is 3. The van der Waals surface area contributed by atoms with Crippen LogP contribution in [0.1, 0.15) is 135 Å². The van der Waals surface area contributed by atoms with Crippen molar-refractivity contribution in [3.8, 4) is 5.88 Å². The quantitative estimate of drug-likeness (QED) is 0.105. The lowest BCUT2D eigenvalue weighted by atomic mass is 9.86. The molecule has 38 heavy (non-hydrogen) atoms. The molecule has 0 N–H and O–H groups in total. The van der Waals surface area contributed by atoms with Gasteiger partial charge in [0.15, 0.2) is 0 Å². The summed E-state index contributed by atoms with van der Waals surface area (Å²) in [5.41, 5.74) is 2.09. The van der Waals surface area contributed by atoms with Crippen molar-refractivity contribution in [3.63, 3.8) is 0 Å². The van der Waals surface area contributed by atoms with Gasteiger partial charge in [-0.1, -0.05) is 97.0 Å². The van der Waals surface area contributed by atoms with Crippen LogP contribution in [0.15, 0.2) is 6.08 Å². The number of hydrogen-bond acceptors (Lipinski definition) is 6. The third-order valence-electron chi connectivity index (χ3n) is 8.47. The molecule has 6 nitrogen and oxygen atoms in total. The molecule has 3 rings (SSSR count). The molecular formula is C31H54N3O3S+. The first-order valence-electron chi connectivity index (χ1n) is 15.8. The third-order valence-corrected chi connectivity index (χ3v) is 8.98. The van der Waals surface area contributed by atoms with Crippen LogP contribution >= 0.6 is 11.7 Å². The number of aromatic nitrogens is 2. The Hall–Kier alpha value is -1.47. The largest absolute Gasteiger partial charge is 0.475 e. The van der Waals surface area contributed by atoms with Crippen LogP contribution in [0.25, 0.3) is 5.57 Å². The third kappa shape index (κ3) is 9.93. The Balaban J connectivity index is 1.61. The lowest BCUT2D eigenvalue weighted by Crippen LogP contribution is -2.59. The van der Waals surface area contributed by atoms with Gasteiger partial charge in [0, 0.05) is 24.3 Å². The minimum atomic E-state index is -0.0824. The second-order valence-corrected chi connectivity index (χ2v) is 12.4. The molecule has 2 aliphatic rings. The van der Waals surface area contributed by atoms with Gasteiger partial charge in [0.2, 0.25) is 6.23 Å². The van der Waals surface area contributed by atoms with Gasteiger partial charge in [0.25, 0.3) is 5.88 Å². The van der Waals surface area contributed by atoms with Gasteiger partial charge in [0.05, 0.1) is 31.9 Å². The molecule has 0 amide bonds. The van der Waals surface area contributed by atoms with Crippen molar-refractivity contribution in [2.75, 3.05) is 26.7 Å². The van der Waals surface area contributed by atoms with E-state index in [1.807, 2.05) is 0 Å². The lowest BCUT2D eigenvalue weighted by Gasteiger charge is -2.46. The van der Waals surface area contributed by atoms with Crippen LogP contribution in [-0.4, -0.2) is 52.2 Å². The Kier molecular flexibility index (Phi) is 14.1. The molecule has 1 aliphatic carbocycles. The molecule has 1 saturated carbocycles. The molecule has 0 saturated heterocycles. The summed E-state index contributed by atoms with van der Waals surface area (Å²) in [4.78, 5) is 13.1. The molecule has 1 aromatic rings. The number of quaternary nitrogens is 1. The molecular weight excluding hydrogens is 494 g/mol. The Morgan fingerprint density at radius 2 is 1.66 bits per heavy atom. The molecule has 0 aromatic carbocycles. The number of esters is 1. The zero-order valence-corrected chi connectivity index (χ0v) is 25.4. The minimum absolute atomic E-state index is 0.00369. The zero-order valence-electron chi connectivity index (χ0n) is 24.6. The fraction of sp³-hybridized carbons (Fsp3) is 0.839. The summed E-state index contributed by atoms with van der Waals surface area (Å²) in [6.45, 7) is 6.96. The first-order valence-corrected chi connectivity index (χ1v) is 16.5. The highest BCUT2D eigenvalue weighted by atomic mass is 32.1. The number of carbonyl (C=O) groups is 1. The SMILES string of the molecule is CCCCCCCCCC(=O)OC(C1CCCCC1)[N+]1(C)CCC=C(c2nsnc2OCCCCCC)C1. The van der Waals surface area contributed by atoms with Crippen LogP contribution in [0, 0.1) is 5.92 Å². The van der Waals surface area contributed by atoms with E-state index in [9.17, 15) is 4.79 Å². The monoisotopic (exact) mass is 548 g/mol. The molecule has 2 unspecified atom stereocenters. The second-order valence-electron chi connectivity index (χ2n) is 11.9. The maximum absolute atomic E-state index is 13.1. The number of likely N-dealkylation sites (N-methyl/N-ethyl adjacent to an activating group) is 1. The normalized spacial score (nSPS) is 21.2. The van der Waals surface area contributed by atoms with Crippen molar-refractivity contribution >= 4 is 23.3 Å². The molecule has 1 fully saturated rings. The molecule has 2 heterocycles. The summed E-state index contributed by atoms with van der Waals surface area (Å²) in [6.07, 6.45) is 23.0. The van der Waals surface area contributed by atoms with Crippen LogP contribution < -0.4 is 4.74 Å². The fourth-order valence-corrected chi connectivity index (χ4v) is 6.73. The van der Waals surface area contributed by atoms with Gasteiger partial charge in [-0.3, -0.25) is 9.28 Å². The van der Waals surface area contributed by atoms with E-state index in [1.165, 1.54) is 87.9 Å². The molecule has 0 spiro atoms. The van der Waals surface area contributed by atoms with Gasteiger partial charge in [-0.25, -0.2) is 0 Å². The van der Waals surface area contributed by atoms with Crippen molar-refractivity contribution in [3.05, 3.63) is 11.8 Å². The summed E-state index contributed by atoms with van der Waals surface area (Å²) in [5, 5.41) is 0. The van der Waals surface area contributed by atoms with E-state index in [0.717, 1.165) is 61.8 Å². The summed E-state index contributed by atoms with van der Waals surface area (Å²) < 4.78 is 22.4. The zero-order chi connectivity index (χ0) is 27.1. The predicted molar refractivity (Wildman–Crippen MR) is 157 cm³/mol. The maximum Gasteiger partial charge on any atom is 0.310 e. The van der Waals surface area contributed by atoms with Gasteiger partial charge >= 0.3 is 5.97 Å². The highest BCUT2D eigenvalue weighted by molar-refractivity contribution is 6.99. The van der Waals surface area contributed by atoms with Crippen LogP contribution in [0.4, 0.5) is 0 Å². The number of carbonyl (C=O) groups excluding carboxylic acids is 1. The lowest BCUT2D eigenvalue weighted by molar-refractivity contribution is -0.951. The van der Waals surface area contributed by atoms with Gasteiger partial charge in [-0.2, -0.15) is 4.37 Å². The molecule has 0 radical (unpaired) electrons. The second kappa shape index (κ2) is 17.3. The summed E-state index contributed by atoms with van der Waals surface area (Å²) in [7, 11) is 2.29. The maximum atomic E-state index is 13.1. The molecule has 7 heteroatoms. The Bertz CT molecular complexity index is 836. The number of ether oxygens (including phenoxy) is 2. The number of hydrogen-bond donors (Lipinski definition) is 0. The summed E-state index contributed by atoms with van der Waals surface area (Å²) in [6, 6.07) is 0. The fourth-order valence-electron chi connectivity index (χ4n) is 6.20. The van der Waals surface area contributed by atoms with Gasteiger partial charge in [-0.05, 0) is 25.7 Å². The van der Waals surface area contributed by atoms with E-state index >= 15 is 0 Å². The Morgan fingerprint density at radius 3 is 2.39 bits per heavy atom.